The molecule has 3 nitrogen and oxygen atoms in total. The first-order chi connectivity index (χ1) is 5.52. The van der Waals surface area contributed by atoms with Crippen molar-refractivity contribution < 1.29 is 8.42 Å². The summed E-state index contributed by atoms with van der Waals surface area (Å²) in [5, 5.41) is 3.12. The van der Waals surface area contributed by atoms with Gasteiger partial charge in [0.15, 0.2) is 9.84 Å². The quantitative estimate of drug-likeness (QED) is 0.706. The van der Waals surface area contributed by atoms with E-state index in [2.05, 4.69) is 5.32 Å². The lowest BCUT2D eigenvalue weighted by atomic mass is 9.84. The highest BCUT2D eigenvalue weighted by Crippen LogP contribution is 2.38. The highest BCUT2D eigenvalue weighted by atomic mass is 32.2. The predicted octanol–water partition coefficient (Wildman–Crippen LogP) is 0.563. The Labute approximate surface area is 74.5 Å². The molecule has 1 aliphatic carbocycles. The van der Waals surface area contributed by atoms with Gasteiger partial charge in [-0.3, -0.25) is 0 Å². The second-order valence-corrected chi connectivity index (χ2v) is 6.00. The van der Waals surface area contributed by atoms with Crippen molar-refractivity contribution in [2.75, 3.05) is 19.3 Å². The molecule has 1 saturated carbocycles. The lowest BCUT2D eigenvalue weighted by molar-refractivity contribution is 0.326. The van der Waals surface area contributed by atoms with E-state index in [4.69, 9.17) is 0 Å². The molecule has 1 rings (SSSR count). The number of sulfone groups is 1. The van der Waals surface area contributed by atoms with Crippen LogP contribution in [0.5, 0.6) is 0 Å². The molecule has 0 unspecified atom stereocenters. The van der Waals surface area contributed by atoms with Crippen molar-refractivity contribution in [3.63, 3.8) is 0 Å². The monoisotopic (exact) mass is 191 g/mol. The molecule has 1 N–H and O–H groups in total. The molecule has 0 atom stereocenters. The van der Waals surface area contributed by atoms with Crippen molar-refractivity contribution in [2.24, 2.45) is 0 Å². The van der Waals surface area contributed by atoms with Crippen LogP contribution in [0.15, 0.2) is 0 Å². The van der Waals surface area contributed by atoms with Gasteiger partial charge in [0.25, 0.3) is 0 Å². The van der Waals surface area contributed by atoms with Crippen molar-refractivity contribution in [1.29, 1.82) is 0 Å². The molecule has 4 heteroatoms. The van der Waals surface area contributed by atoms with Gasteiger partial charge in [0, 0.05) is 12.8 Å². The lowest BCUT2D eigenvalue weighted by Gasteiger charge is -2.40. The van der Waals surface area contributed by atoms with Crippen LogP contribution in [-0.2, 0) is 9.84 Å². The van der Waals surface area contributed by atoms with Gasteiger partial charge in [0.2, 0.25) is 0 Å². The van der Waals surface area contributed by atoms with Crippen LogP contribution < -0.4 is 5.32 Å². The van der Waals surface area contributed by atoms with E-state index in [0.29, 0.717) is 6.54 Å². The number of rotatable bonds is 4. The van der Waals surface area contributed by atoms with Gasteiger partial charge in [-0.1, -0.05) is 13.3 Å². The molecule has 0 heterocycles. The Morgan fingerprint density at radius 2 is 2.00 bits per heavy atom. The second kappa shape index (κ2) is 3.34. The van der Waals surface area contributed by atoms with Crippen LogP contribution in [-0.4, -0.2) is 32.5 Å². The van der Waals surface area contributed by atoms with Crippen LogP contribution in [0.2, 0.25) is 0 Å². The second-order valence-electron chi connectivity index (χ2n) is 3.59. The van der Waals surface area contributed by atoms with E-state index in [-0.39, 0.29) is 0 Å². The van der Waals surface area contributed by atoms with Crippen LogP contribution in [0.1, 0.15) is 26.2 Å². The summed E-state index contributed by atoms with van der Waals surface area (Å²) in [5.41, 5.74) is 0. The van der Waals surface area contributed by atoms with E-state index >= 15 is 0 Å². The third-order valence-corrected chi connectivity index (χ3v) is 4.87. The minimum atomic E-state index is -2.86. The largest absolute Gasteiger partial charge is 0.315 e. The van der Waals surface area contributed by atoms with Crippen LogP contribution in [0.25, 0.3) is 0 Å². The molecule has 0 spiro atoms. The van der Waals surface area contributed by atoms with Crippen LogP contribution in [0, 0.1) is 0 Å². The topological polar surface area (TPSA) is 46.2 Å². The first kappa shape index (κ1) is 9.99. The Hall–Kier alpha value is -0.0900. The van der Waals surface area contributed by atoms with Crippen molar-refractivity contribution in [3.8, 4) is 0 Å². The highest BCUT2D eigenvalue weighted by molar-refractivity contribution is 7.92. The maximum Gasteiger partial charge on any atom is 0.154 e. The average Bonchev–Trinajstić information content (AvgIpc) is 1.82. The fourth-order valence-electron chi connectivity index (χ4n) is 1.60. The van der Waals surface area contributed by atoms with Gasteiger partial charge in [-0.05, 0) is 19.4 Å². The fourth-order valence-corrected chi connectivity index (χ4v) is 3.00. The Balaban J connectivity index is 2.64. The Morgan fingerprint density at radius 3 is 2.25 bits per heavy atom. The number of hydrogen-bond acceptors (Lipinski definition) is 3. The molecule has 0 aromatic heterocycles. The lowest BCUT2D eigenvalue weighted by Crippen LogP contribution is -2.52. The summed E-state index contributed by atoms with van der Waals surface area (Å²) in [6.45, 7) is 3.47. The molecule has 0 aliphatic heterocycles. The third-order valence-electron chi connectivity index (χ3n) is 2.75. The smallest absolute Gasteiger partial charge is 0.154 e. The molecular formula is C8H17NO2S. The van der Waals surface area contributed by atoms with Gasteiger partial charge in [-0.15, -0.1) is 0 Å². The molecule has 0 bridgehead atoms. The minimum absolute atomic E-state index is 0.428. The summed E-state index contributed by atoms with van der Waals surface area (Å²) in [7, 11) is -2.86. The molecule has 0 radical (unpaired) electrons. The molecule has 12 heavy (non-hydrogen) atoms. The van der Waals surface area contributed by atoms with Gasteiger partial charge in [-0.2, -0.15) is 0 Å². The van der Waals surface area contributed by atoms with E-state index in [1.54, 1.807) is 0 Å². The maximum absolute atomic E-state index is 11.4. The molecule has 0 aromatic carbocycles. The van der Waals surface area contributed by atoms with E-state index in [1.807, 2.05) is 6.92 Å². The first-order valence-corrected chi connectivity index (χ1v) is 6.31. The van der Waals surface area contributed by atoms with Crippen molar-refractivity contribution in [1.82, 2.24) is 5.32 Å². The Morgan fingerprint density at radius 1 is 1.42 bits per heavy atom. The standard InChI is InChI=1S/C8H17NO2S/c1-3-9-7-8(5-4-6-8)12(2,10)11/h9H,3-7H2,1-2H3. The first-order valence-electron chi connectivity index (χ1n) is 4.42. The molecule has 0 amide bonds. The number of hydrogen-bond donors (Lipinski definition) is 1. The van der Waals surface area contributed by atoms with E-state index in [0.717, 1.165) is 25.8 Å². The summed E-state index contributed by atoms with van der Waals surface area (Å²) in [6.07, 6.45) is 4.07. The fraction of sp³-hybridized carbons (Fsp3) is 1.00. The van der Waals surface area contributed by atoms with E-state index in [9.17, 15) is 8.42 Å². The van der Waals surface area contributed by atoms with Gasteiger partial charge >= 0.3 is 0 Å². The zero-order chi connectivity index (χ0) is 9.24. The third kappa shape index (κ3) is 1.64. The summed E-state index contributed by atoms with van der Waals surface area (Å²) < 4.78 is 22.4. The van der Waals surface area contributed by atoms with E-state index in [1.165, 1.54) is 6.26 Å². The SMILES string of the molecule is CCNCC1(S(C)(=O)=O)CCC1. The highest BCUT2D eigenvalue weighted by Gasteiger charge is 2.45. The maximum atomic E-state index is 11.4. The normalized spacial score (nSPS) is 21.8. The summed E-state index contributed by atoms with van der Waals surface area (Å²) >= 11 is 0. The van der Waals surface area contributed by atoms with E-state index < -0.39 is 14.6 Å². The van der Waals surface area contributed by atoms with Crippen molar-refractivity contribution in [3.05, 3.63) is 0 Å². The van der Waals surface area contributed by atoms with Gasteiger partial charge in [0.05, 0.1) is 4.75 Å². The molecule has 1 aliphatic rings. The van der Waals surface area contributed by atoms with Crippen molar-refractivity contribution >= 4 is 9.84 Å². The van der Waals surface area contributed by atoms with Gasteiger partial charge in [0.1, 0.15) is 0 Å². The Kier molecular flexibility index (Phi) is 2.78. The van der Waals surface area contributed by atoms with Crippen LogP contribution in [0.4, 0.5) is 0 Å². The molecule has 72 valence electrons. The van der Waals surface area contributed by atoms with Gasteiger partial charge < -0.3 is 5.32 Å². The summed E-state index contributed by atoms with van der Waals surface area (Å²) in [5.74, 6) is 0. The molecule has 0 aromatic rings. The zero-order valence-corrected chi connectivity index (χ0v) is 8.58. The number of nitrogens with one attached hydrogen (secondary N) is 1. The predicted molar refractivity (Wildman–Crippen MR) is 50.0 cm³/mol. The van der Waals surface area contributed by atoms with Crippen molar-refractivity contribution in [2.45, 2.75) is 30.9 Å². The summed E-state index contributed by atoms with van der Waals surface area (Å²) in [6, 6.07) is 0. The summed E-state index contributed by atoms with van der Waals surface area (Å²) in [4.78, 5) is 0. The molecule has 0 saturated heterocycles. The molecule has 1 fully saturated rings. The molecular weight excluding hydrogens is 174 g/mol. The van der Waals surface area contributed by atoms with Crippen LogP contribution in [0.3, 0.4) is 0 Å². The van der Waals surface area contributed by atoms with Gasteiger partial charge in [-0.25, -0.2) is 8.42 Å². The Bertz CT molecular complexity index is 242. The average molecular weight is 191 g/mol. The minimum Gasteiger partial charge on any atom is -0.315 e. The van der Waals surface area contributed by atoms with Crippen LogP contribution >= 0.6 is 0 Å². The zero-order valence-electron chi connectivity index (χ0n) is 7.76.